The first-order valence-corrected chi connectivity index (χ1v) is 9.39. The second-order valence-corrected chi connectivity index (χ2v) is 7.69. The molecule has 6 nitrogen and oxygen atoms in total. The molecule has 0 unspecified atom stereocenters. The molecule has 0 fully saturated rings. The van der Waals surface area contributed by atoms with Gasteiger partial charge in [-0.05, 0) is 30.3 Å². The van der Waals surface area contributed by atoms with Crippen LogP contribution in [0.3, 0.4) is 0 Å². The minimum Gasteiger partial charge on any atom is -0.497 e. The highest BCUT2D eigenvalue weighted by molar-refractivity contribution is 7.91. The zero-order valence-electron chi connectivity index (χ0n) is 13.8. The fraction of sp³-hybridized carbons (Fsp3) is 0.235. The molecule has 0 atom stereocenters. The number of sulfone groups is 1. The summed E-state index contributed by atoms with van der Waals surface area (Å²) in [5.74, 6) is 0.220. The van der Waals surface area contributed by atoms with E-state index in [1.54, 1.807) is 30.3 Å². The molecule has 2 aromatic carbocycles. The number of amides is 1. The molecule has 0 saturated carbocycles. The first-order valence-electron chi connectivity index (χ1n) is 7.36. The van der Waals surface area contributed by atoms with E-state index in [-0.39, 0.29) is 17.1 Å². The number of carbonyl (C=O) groups excluding carboxylic acids is 1. The van der Waals surface area contributed by atoms with E-state index in [0.29, 0.717) is 22.2 Å². The van der Waals surface area contributed by atoms with Gasteiger partial charge in [-0.3, -0.25) is 4.79 Å². The molecule has 0 heterocycles. The Kier molecular flexibility index (Phi) is 6.27. The van der Waals surface area contributed by atoms with Gasteiger partial charge in [0.15, 0.2) is 9.84 Å². The van der Waals surface area contributed by atoms with Gasteiger partial charge >= 0.3 is 0 Å². The zero-order chi connectivity index (χ0) is 18.4. The molecule has 1 amide bonds. The predicted octanol–water partition coefficient (Wildman–Crippen LogP) is 3.16. The molecule has 2 aromatic rings. The summed E-state index contributed by atoms with van der Waals surface area (Å²) in [6, 6.07) is 10.9. The number of halogens is 1. The van der Waals surface area contributed by atoms with Crippen molar-refractivity contribution in [3.63, 3.8) is 0 Å². The van der Waals surface area contributed by atoms with Crippen molar-refractivity contribution < 1.29 is 22.7 Å². The van der Waals surface area contributed by atoms with Crippen molar-refractivity contribution in [3.05, 3.63) is 47.5 Å². The Balaban J connectivity index is 2.06. The van der Waals surface area contributed by atoms with Crippen molar-refractivity contribution in [1.29, 1.82) is 0 Å². The SMILES string of the molecule is COc1ccc(OC)c(NC(=O)CCS(=O)(=O)c2cccc(Cl)c2)c1. The van der Waals surface area contributed by atoms with Gasteiger partial charge in [-0.1, -0.05) is 17.7 Å². The smallest absolute Gasteiger partial charge is 0.225 e. The van der Waals surface area contributed by atoms with E-state index in [9.17, 15) is 13.2 Å². The molecule has 0 radical (unpaired) electrons. The van der Waals surface area contributed by atoms with Gasteiger partial charge in [-0.25, -0.2) is 8.42 Å². The van der Waals surface area contributed by atoms with Crippen LogP contribution in [0, 0.1) is 0 Å². The molecule has 0 aliphatic rings. The maximum absolute atomic E-state index is 12.3. The van der Waals surface area contributed by atoms with Gasteiger partial charge in [0.2, 0.25) is 5.91 Å². The van der Waals surface area contributed by atoms with Crippen molar-refractivity contribution in [2.24, 2.45) is 0 Å². The van der Waals surface area contributed by atoms with E-state index < -0.39 is 15.7 Å². The highest BCUT2D eigenvalue weighted by Crippen LogP contribution is 2.29. The normalized spacial score (nSPS) is 11.0. The van der Waals surface area contributed by atoms with E-state index in [1.807, 2.05) is 0 Å². The van der Waals surface area contributed by atoms with Crippen LogP contribution in [-0.4, -0.2) is 34.3 Å². The molecular formula is C17H18ClNO5S. The highest BCUT2D eigenvalue weighted by Gasteiger charge is 2.17. The zero-order valence-corrected chi connectivity index (χ0v) is 15.4. The van der Waals surface area contributed by atoms with Crippen LogP contribution in [0.1, 0.15) is 6.42 Å². The third-order valence-corrected chi connectivity index (χ3v) is 5.38. The average molecular weight is 384 g/mol. The van der Waals surface area contributed by atoms with Gasteiger partial charge in [-0.15, -0.1) is 0 Å². The minimum atomic E-state index is -3.60. The van der Waals surface area contributed by atoms with Crippen molar-refractivity contribution in [2.75, 3.05) is 25.3 Å². The largest absolute Gasteiger partial charge is 0.497 e. The standard InChI is InChI=1S/C17H18ClNO5S/c1-23-13-6-7-16(24-2)15(11-13)19-17(20)8-9-25(21,22)14-5-3-4-12(18)10-14/h3-7,10-11H,8-9H2,1-2H3,(H,19,20). The molecular weight excluding hydrogens is 366 g/mol. The van der Waals surface area contributed by atoms with Crippen molar-refractivity contribution >= 4 is 33.0 Å². The predicted molar refractivity (Wildman–Crippen MR) is 96.3 cm³/mol. The summed E-state index contributed by atoms with van der Waals surface area (Å²) in [6.07, 6.45) is -0.199. The quantitative estimate of drug-likeness (QED) is 0.794. The van der Waals surface area contributed by atoms with Crippen LogP contribution in [0.15, 0.2) is 47.4 Å². The first-order chi connectivity index (χ1) is 11.9. The summed E-state index contributed by atoms with van der Waals surface area (Å²) in [5.41, 5.74) is 0.409. The maximum Gasteiger partial charge on any atom is 0.225 e. The highest BCUT2D eigenvalue weighted by atomic mass is 35.5. The van der Waals surface area contributed by atoms with Crippen LogP contribution in [0.4, 0.5) is 5.69 Å². The van der Waals surface area contributed by atoms with Gasteiger partial charge in [-0.2, -0.15) is 0 Å². The molecule has 8 heteroatoms. The Bertz CT molecular complexity index is 867. The summed E-state index contributed by atoms with van der Waals surface area (Å²) in [4.78, 5) is 12.2. The molecule has 1 N–H and O–H groups in total. The summed E-state index contributed by atoms with van der Waals surface area (Å²) >= 11 is 5.81. The molecule has 2 rings (SSSR count). The third-order valence-electron chi connectivity index (χ3n) is 3.43. The Morgan fingerprint density at radius 2 is 1.88 bits per heavy atom. The number of carbonyl (C=O) groups is 1. The second-order valence-electron chi connectivity index (χ2n) is 5.14. The Hall–Kier alpha value is -2.25. The topological polar surface area (TPSA) is 81.7 Å². The fourth-order valence-corrected chi connectivity index (χ4v) is 3.67. The number of ether oxygens (including phenoxy) is 2. The fourth-order valence-electron chi connectivity index (χ4n) is 2.13. The summed E-state index contributed by atoms with van der Waals surface area (Å²) < 4.78 is 34.8. The van der Waals surface area contributed by atoms with Gasteiger partial charge in [0.25, 0.3) is 0 Å². The molecule has 0 spiro atoms. The van der Waals surface area contributed by atoms with Crippen LogP contribution in [0.25, 0.3) is 0 Å². The number of hydrogen-bond acceptors (Lipinski definition) is 5. The average Bonchev–Trinajstić information content (AvgIpc) is 2.60. The van der Waals surface area contributed by atoms with E-state index in [4.69, 9.17) is 21.1 Å². The molecule has 25 heavy (non-hydrogen) atoms. The molecule has 0 aliphatic carbocycles. The summed E-state index contributed by atoms with van der Waals surface area (Å²) in [7, 11) is -0.622. The van der Waals surface area contributed by atoms with E-state index in [2.05, 4.69) is 5.32 Å². The summed E-state index contributed by atoms with van der Waals surface area (Å²) in [5, 5.41) is 2.96. The van der Waals surface area contributed by atoms with Crippen molar-refractivity contribution in [3.8, 4) is 11.5 Å². The van der Waals surface area contributed by atoms with Gasteiger partial charge in [0, 0.05) is 17.5 Å². The molecule has 134 valence electrons. The monoisotopic (exact) mass is 383 g/mol. The number of rotatable bonds is 7. The molecule has 0 bridgehead atoms. The lowest BCUT2D eigenvalue weighted by atomic mass is 10.2. The van der Waals surface area contributed by atoms with Crippen molar-refractivity contribution in [1.82, 2.24) is 0 Å². The lowest BCUT2D eigenvalue weighted by Gasteiger charge is -2.12. The van der Waals surface area contributed by atoms with Gasteiger partial charge < -0.3 is 14.8 Å². The Morgan fingerprint density at radius 1 is 1.12 bits per heavy atom. The van der Waals surface area contributed by atoms with Crippen LogP contribution in [0.2, 0.25) is 5.02 Å². The van der Waals surface area contributed by atoms with Crippen LogP contribution in [0.5, 0.6) is 11.5 Å². The number of methoxy groups -OCH3 is 2. The van der Waals surface area contributed by atoms with Crippen LogP contribution < -0.4 is 14.8 Å². The third kappa shape index (κ3) is 5.11. The Morgan fingerprint density at radius 3 is 2.52 bits per heavy atom. The van der Waals surface area contributed by atoms with Crippen molar-refractivity contribution in [2.45, 2.75) is 11.3 Å². The maximum atomic E-state index is 12.3. The lowest BCUT2D eigenvalue weighted by molar-refractivity contribution is -0.115. The number of anilines is 1. The second kappa shape index (κ2) is 8.22. The van der Waals surface area contributed by atoms with Gasteiger partial charge in [0.05, 0.1) is 30.6 Å². The number of nitrogens with one attached hydrogen (secondary N) is 1. The van der Waals surface area contributed by atoms with Crippen LogP contribution in [-0.2, 0) is 14.6 Å². The molecule has 0 aromatic heterocycles. The lowest BCUT2D eigenvalue weighted by Crippen LogP contribution is -2.18. The minimum absolute atomic E-state index is 0.0896. The molecule has 0 saturated heterocycles. The van der Waals surface area contributed by atoms with E-state index >= 15 is 0 Å². The van der Waals surface area contributed by atoms with Crippen LogP contribution >= 0.6 is 11.6 Å². The number of benzene rings is 2. The van der Waals surface area contributed by atoms with E-state index in [1.165, 1.54) is 26.4 Å². The van der Waals surface area contributed by atoms with Gasteiger partial charge in [0.1, 0.15) is 11.5 Å². The molecule has 0 aliphatic heterocycles. The Labute approximate surface area is 151 Å². The first kappa shape index (κ1) is 19.1. The van der Waals surface area contributed by atoms with E-state index in [0.717, 1.165) is 0 Å². The summed E-state index contributed by atoms with van der Waals surface area (Å²) in [6.45, 7) is 0. The number of hydrogen-bond donors (Lipinski definition) is 1.